The topological polar surface area (TPSA) is 104 Å². The minimum Gasteiger partial charge on any atom is -0.465 e. The lowest BCUT2D eigenvalue weighted by molar-refractivity contribution is 0.0600. The van der Waals surface area contributed by atoms with E-state index in [1.54, 1.807) is 78.8 Å². The van der Waals surface area contributed by atoms with E-state index in [-0.39, 0.29) is 18.2 Å². The van der Waals surface area contributed by atoms with Crippen LogP contribution in [0.3, 0.4) is 0 Å². The summed E-state index contributed by atoms with van der Waals surface area (Å²) in [4.78, 5) is 46.0. The third kappa shape index (κ3) is 10.7. The first kappa shape index (κ1) is 31.6. The number of hydrogen-bond acceptors (Lipinski definition) is 9. The van der Waals surface area contributed by atoms with Crippen LogP contribution in [0.1, 0.15) is 32.1 Å². The standard InChI is InChI=1S/C14H11N3OS.C9H7NO2.C6H8N2S/c1-15-11-5-3-10(4-6-11)13(18)9-12-7-8-16-14(17-12)19-2;1-10-8-5-3-7(4-6-8)9(11)12-2;1-5-3-4-7-6(8-5)9-2/h3-8H,9H2,2H3;3-6H,2H3;3-4H,1-2H3. The summed E-state index contributed by atoms with van der Waals surface area (Å²) in [7, 11) is 1.32. The van der Waals surface area contributed by atoms with Crippen molar-refractivity contribution in [1.29, 1.82) is 0 Å². The van der Waals surface area contributed by atoms with E-state index in [0.29, 0.717) is 33.4 Å². The zero-order valence-corrected chi connectivity index (χ0v) is 24.0. The van der Waals surface area contributed by atoms with Gasteiger partial charge in [-0.05, 0) is 31.6 Å². The Hall–Kier alpha value is -4.58. The zero-order valence-electron chi connectivity index (χ0n) is 22.4. The van der Waals surface area contributed by atoms with Gasteiger partial charge in [0.25, 0.3) is 0 Å². The first-order chi connectivity index (χ1) is 19.3. The molecule has 11 heteroatoms. The second-order valence-corrected chi connectivity index (χ2v) is 9.18. The highest BCUT2D eigenvalue weighted by atomic mass is 32.2. The summed E-state index contributed by atoms with van der Waals surface area (Å²) in [6, 6.07) is 16.6. The monoisotopic (exact) mass is 570 g/mol. The Bertz CT molecular complexity index is 1500. The normalized spacial score (nSPS) is 9.45. The molecule has 0 spiro atoms. The van der Waals surface area contributed by atoms with Crippen LogP contribution >= 0.6 is 23.5 Å². The Labute approximate surface area is 242 Å². The molecule has 2 aromatic heterocycles. The fourth-order valence-electron chi connectivity index (χ4n) is 2.88. The molecule has 40 heavy (non-hydrogen) atoms. The van der Waals surface area contributed by atoms with E-state index in [0.717, 1.165) is 10.9 Å². The van der Waals surface area contributed by atoms with Crippen molar-refractivity contribution in [1.82, 2.24) is 19.9 Å². The molecule has 4 aromatic rings. The number of Topliss-reactive ketones (excluding diaryl/α,β-unsaturated/α-hetero) is 1. The van der Waals surface area contributed by atoms with Gasteiger partial charge in [0.05, 0.1) is 37.9 Å². The number of aromatic nitrogens is 4. The van der Waals surface area contributed by atoms with Crippen molar-refractivity contribution in [3.05, 3.63) is 118 Å². The van der Waals surface area contributed by atoms with Crippen LogP contribution in [0.4, 0.5) is 11.4 Å². The molecule has 0 aliphatic heterocycles. The highest BCUT2D eigenvalue weighted by molar-refractivity contribution is 7.98. The number of carbonyl (C=O) groups is 2. The van der Waals surface area contributed by atoms with Gasteiger partial charge in [-0.25, -0.2) is 34.4 Å². The predicted octanol–water partition coefficient (Wildman–Crippen LogP) is 6.71. The first-order valence-electron chi connectivity index (χ1n) is 11.6. The summed E-state index contributed by atoms with van der Waals surface area (Å²) in [5, 5.41) is 1.50. The van der Waals surface area contributed by atoms with Gasteiger partial charge in [-0.3, -0.25) is 4.79 Å². The molecule has 0 radical (unpaired) electrons. The summed E-state index contributed by atoms with van der Waals surface area (Å²) in [6.45, 7) is 15.5. The van der Waals surface area contributed by atoms with Crippen LogP contribution in [-0.2, 0) is 11.2 Å². The minimum atomic E-state index is -0.383. The lowest BCUT2D eigenvalue weighted by atomic mass is 10.1. The summed E-state index contributed by atoms with van der Waals surface area (Å²) >= 11 is 3.00. The van der Waals surface area contributed by atoms with Crippen LogP contribution < -0.4 is 0 Å². The molecule has 0 amide bonds. The van der Waals surface area contributed by atoms with Gasteiger partial charge in [-0.1, -0.05) is 72.1 Å². The molecule has 0 unspecified atom stereocenters. The quantitative estimate of drug-likeness (QED) is 0.0823. The maximum atomic E-state index is 12.1. The van der Waals surface area contributed by atoms with Crippen LogP contribution in [0.25, 0.3) is 9.69 Å². The van der Waals surface area contributed by atoms with E-state index in [1.807, 2.05) is 25.5 Å². The van der Waals surface area contributed by atoms with Crippen LogP contribution in [0.2, 0.25) is 0 Å². The van der Waals surface area contributed by atoms with Gasteiger partial charge in [0, 0.05) is 23.7 Å². The molecule has 0 aliphatic rings. The molecule has 4 rings (SSSR count). The Morgan fingerprint density at radius 1 is 0.775 bits per heavy atom. The van der Waals surface area contributed by atoms with Crippen LogP contribution in [0, 0.1) is 20.1 Å². The summed E-state index contributed by atoms with van der Waals surface area (Å²) < 4.78 is 4.49. The van der Waals surface area contributed by atoms with Gasteiger partial charge in [-0.15, -0.1) is 0 Å². The number of benzene rings is 2. The van der Waals surface area contributed by atoms with Crippen LogP contribution in [0.15, 0.2) is 83.4 Å². The number of hydrogen-bond donors (Lipinski definition) is 0. The van der Waals surface area contributed by atoms with Crippen molar-refractivity contribution >= 4 is 46.7 Å². The largest absolute Gasteiger partial charge is 0.465 e. The van der Waals surface area contributed by atoms with E-state index in [2.05, 4.69) is 34.4 Å². The fraction of sp³-hybridized carbons (Fsp3) is 0.172. The molecule has 0 saturated carbocycles. The van der Waals surface area contributed by atoms with E-state index in [1.165, 1.54) is 18.9 Å². The summed E-state index contributed by atoms with van der Waals surface area (Å²) in [5.74, 6) is -0.395. The molecule has 0 saturated heterocycles. The van der Waals surface area contributed by atoms with Crippen molar-refractivity contribution in [3.63, 3.8) is 0 Å². The Morgan fingerprint density at radius 3 is 1.73 bits per heavy atom. The van der Waals surface area contributed by atoms with Gasteiger partial charge in [0.1, 0.15) is 0 Å². The van der Waals surface area contributed by atoms with Crippen molar-refractivity contribution in [2.45, 2.75) is 23.7 Å². The van der Waals surface area contributed by atoms with Crippen LogP contribution in [0.5, 0.6) is 0 Å². The number of carbonyl (C=O) groups excluding carboxylic acids is 2. The maximum absolute atomic E-state index is 12.1. The number of ether oxygens (including phenoxy) is 1. The van der Waals surface area contributed by atoms with Gasteiger partial charge < -0.3 is 4.74 Å². The average molecular weight is 571 g/mol. The molecule has 202 valence electrons. The number of methoxy groups -OCH3 is 1. The molecule has 0 N–H and O–H groups in total. The Kier molecular flexibility index (Phi) is 13.5. The van der Waals surface area contributed by atoms with Crippen molar-refractivity contribution < 1.29 is 14.3 Å². The van der Waals surface area contributed by atoms with Gasteiger partial charge in [-0.2, -0.15) is 0 Å². The highest BCUT2D eigenvalue weighted by Crippen LogP contribution is 2.15. The second kappa shape index (κ2) is 17.1. The first-order valence-corrected chi connectivity index (χ1v) is 14.0. The van der Waals surface area contributed by atoms with Crippen LogP contribution in [-0.4, -0.2) is 51.3 Å². The third-order valence-electron chi connectivity index (χ3n) is 4.91. The van der Waals surface area contributed by atoms with E-state index >= 15 is 0 Å². The predicted molar refractivity (Wildman–Crippen MR) is 157 cm³/mol. The third-order valence-corrected chi connectivity index (χ3v) is 6.03. The number of nitrogens with zero attached hydrogens (tertiary/aromatic N) is 6. The fourth-order valence-corrected chi connectivity index (χ4v) is 3.65. The van der Waals surface area contributed by atoms with Crippen molar-refractivity contribution in [2.24, 2.45) is 0 Å². The zero-order chi connectivity index (χ0) is 29.3. The number of thioether (sulfide) groups is 2. The lowest BCUT2D eigenvalue weighted by Crippen LogP contribution is -2.05. The molecule has 0 aliphatic carbocycles. The van der Waals surface area contributed by atoms with Gasteiger partial charge >= 0.3 is 5.97 Å². The molecular formula is C29H26N6O3S2. The molecule has 2 aromatic carbocycles. The van der Waals surface area contributed by atoms with E-state index < -0.39 is 0 Å². The minimum absolute atomic E-state index is 0.0118. The molecule has 0 fully saturated rings. The van der Waals surface area contributed by atoms with Gasteiger partial charge in [0.15, 0.2) is 27.5 Å². The number of ketones is 1. The summed E-state index contributed by atoms with van der Waals surface area (Å²) in [6.07, 6.45) is 7.53. The molecule has 9 nitrogen and oxygen atoms in total. The van der Waals surface area contributed by atoms with Crippen molar-refractivity contribution in [2.75, 3.05) is 19.6 Å². The SMILES string of the molecule is CSc1nccc(C)n1.[C-]#[N+]c1ccc(C(=O)Cc2ccnc(SC)n2)cc1.[C-]#[N+]c1ccc(C(=O)OC)cc1. The molecular weight excluding hydrogens is 544 g/mol. The van der Waals surface area contributed by atoms with E-state index in [4.69, 9.17) is 13.1 Å². The van der Waals surface area contributed by atoms with Gasteiger partial charge in [0.2, 0.25) is 0 Å². The molecule has 0 bridgehead atoms. The summed E-state index contributed by atoms with van der Waals surface area (Å²) in [5.41, 5.74) is 3.83. The van der Waals surface area contributed by atoms with E-state index in [9.17, 15) is 9.59 Å². The highest BCUT2D eigenvalue weighted by Gasteiger charge is 2.09. The average Bonchev–Trinajstić information content (AvgIpc) is 3.01. The molecule has 2 heterocycles. The Morgan fingerprint density at radius 2 is 1.27 bits per heavy atom. The number of aryl methyl sites for hydroxylation is 1. The maximum Gasteiger partial charge on any atom is 0.337 e. The second-order valence-electron chi connectivity index (χ2n) is 7.63. The Balaban J connectivity index is 0.000000228. The van der Waals surface area contributed by atoms with Crippen molar-refractivity contribution in [3.8, 4) is 0 Å². The number of esters is 1. The lowest BCUT2D eigenvalue weighted by Gasteiger charge is -2.02. The number of rotatable bonds is 6. The molecule has 0 atom stereocenters. The smallest absolute Gasteiger partial charge is 0.337 e.